The van der Waals surface area contributed by atoms with Gasteiger partial charge in [0.25, 0.3) is 5.91 Å². The topological polar surface area (TPSA) is 92.8 Å². The molecule has 3 rings (SSSR count). The number of benzene rings is 2. The van der Waals surface area contributed by atoms with Gasteiger partial charge < -0.3 is 10.1 Å². The highest BCUT2D eigenvalue weighted by Gasteiger charge is 2.32. The number of hydrogen-bond acceptors (Lipinski definition) is 5. The van der Waals surface area contributed by atoms with E-state index in [1.807, 2.05) is 0 Å². The molecule has 2 aromatic rings. The van der Waals surface area contributed by atoms with E-state index in [1.165, 1.54) is 10.4 Å². The molecule has 1 fully saturated rings. The highest BCUT2D eigenvalue weighted by atomic mass is 35.5. The van der Waals surface area contributed by atoms with Crippen LogP contribution in [-0.4, -0.2) is 44.3 Å². The number of anilines is 1. The van der Waals surface area contributed by atoms with E-state index in [9.17, 15) is 18.0 Å². The summed E-state index contributed by atoms with van der Waals surface area (Å²) in [6, 6.07) is 11.1. The Morgan fingerprint density at radius 1 is 1.13 bits per heavy atom. The lowest BCUT2D eigenvalue weighted by Gasteiger charge is -2.30. The van der Waals surface area contributed by atoms with Crippen molar-refractivity contribution in [2.45, 2.75) is 31.6 Å². The number of carbonyl (C=O) groups is 2. The Kier molecular flexibility index (Phi) is 7.35. The fourth-order valence-corrected chi connectivity index (χ4v) is 5.16. The van der Waals surface area contributed by atoms with Gasteiger partial charge in [-0.3, -0.25) is 9.59 Å². The lowest BCUT2D eigenvalue weighted by atomic mass is 9.98. The molecule has 0 atom stereocenters. The standard InChI is InChI=1S/C22H25ClN2O5S/c1-3-30-22(27)17-10-12-25(13-11-17)31(28,29)19-8-9-20(15(2)14-19)24-21(26)16-4-6-18(23)7-5-16/h4-9,14,17H,3,10-13H2,1-2H3,(H,24,26). The first-order chi connectivity index (χ1) is 14.7. The van der Waals surface area contributed by atoms with Crippen molar-refractivity contribution in [2.75, 3.05) is 25.0 Å². The molecule has 0 radical (unpaired) electrons. The third-order valence-electron chi connectivity index (χ3n) is 5.26. The molecule has 1 amide bonds. The molecule has 0 aromatic heterocycles. The zero-order valence-corrected chi connectivity index (χ0v) is 19.0. The lowest BCUT2D eigenvalue weighted by molar-refractivity contribution is -0.149. The van der Waals surface area contributed by atoms with Crippen molar-refractivity contribution in [1.82, 2.24) is 4.31 Å². The van der Waals surface area contributed by atoms with Crippen LogP contribution in [0, 0.1) is 12.8 Å². The summed E-state index contributed by atoms with van der Waals surface area (Å²) in [6.07, 6.45) is 0.874. The number of piperidine rings is 1. The van der Waals surface area contributed by atoms with Gasteiger partial charge in [-0.05, 0) is 74.7 Å². The van der Waals surface area contributed by atoms with Gasteiger partial charge in [0.15, 0.2) is 0 Å². The van der Waals surface area contributed by atoms with Crippen LogP contribution in [0.1, 0.15) is 35.7 Å². The lowest BCUT2D eigenvalue weighted by Crippen LogP contribution is -2.40. The Labute approximate surface area is 187 Å². The quantitative estimate of drug-likeness (QED) is 0.655. The minimum atomic E-state index is -3.69. The number of nitrogens with zero attached hydrogens (tertiary/aromatic N) is 1. The summed E-state index contributed by atoms with van der Waals surface area (Å²) in [5, 5.41) is 3.33. The third kappa shape index (κ3) is 5.44. The first kappa shape index (κ1) is 23.2. The number of rotatable bonds is 6. The molecule has 31 heavy (non-hydrogen) atoms. The predicted molar refractivity (Wildman–Crippen MR) is 119 cm³/mol. The van der Waals surface area contributed by atoms with Crippen LogP contribution in [0.3, 0.4) is 0 Å². The van der Waals surface area contributed by atoms with E-state index in [2.05, 4.69) is 5.32 Å². The van der Waals surface area contributed by atoms with E-state index in [4.69, 9.17) is 16.3 Å². The van der Waals surface area contributed by atoms with Gasteiger partial charge in [0.05, 0.1) is 17.4 Å². The Hall–Kier alpha value is -2.42. The average molecular weight is 465 g/mol. The highest BCUT2D eigenvalue weighted by molar-refractivity contribution is 7.89. The van der Waals surface area contributed by atoms with E-state index in [0.29, 0.717) is 41.3 Å². The molecule has 0 bridgehead atoms. The smallest absolute Gasteiger partial charge is 0.309 e. The number of aryl methyl sites for hydroxylation is 1. The number of esters is 1. The predicted octanol–water partition coefficient (Wildman–Crippen LogP) is 3.86. The number of halogens is 1. The third-order valence-corrected chi connectivity index (χ3v) is 7.41. The van der Waals surface area contributed by atoms with Crippen LogP contribution in [0.15, 0.2) is 47.4 Å². The van der Waals surface area contributed by atoms with Gasteiger partial charge in [-0.2, -0.15) is 4.31 Å². The normalized spacial score (nSPS) is 15.5. The van der Waals surface area contributed by atoms with Gasteiger partial charge in [-0.15, -0.1) is 0 Å². The van der Waals surface area contributed by atoms with Crippen molar-refractivity contribution in [3.8, 4) is 0 Å². The number of hydrogen-bond donors (Lipinski definition) is 1. The molecule has 1 N–H and O–H groups in total. The van der Waals surface area contributed by atoms with Crippen LogP contribution in [0.25, 0.3) is 0 Å². The molecule has 7 nitrogen and oxygen atoms in total. The molecule has 0 saturated carbocycles. The average Bonchev–Trinajstić information content (AvgIpc) is 2.75. The molecule has 2 aromatic carbocycles. The van der Waals surface area contributed by atoms with Gasteiger partial charge in [0.2, 0.25) is 10.0 Å². The van der Waals surface area contributed by atoms with E-state index in [1.54, 1.807) is 50.2 Å². The molecule has 0 unspecified atom stereocenters. The Balaban J connectivity index is 1.69. The van der Waals surface area contributed by atoms with Gasteiger partial charge in [-0.25, -0.2) is 8.42 Å². The van der Waals surface area contributed by atoms with Crippen molar-refractivity contribution in [3.63, 3.8) is 0 Å². The minimum Gasteiger partial charge on any atom is -0.466 e. The largest absolute Gasteiger partial charge is 0.466 e. The van der Waals surface area contributed by atoms with Crippen LogP contribution in [0.4, 0.5) is 5.69 Å². The Bertz CT molecular complexity index is 1060. The van der Waals surface area contributed by atoms with E-state index in [-0.39, 0.29) is 35.8 Å². The SMILES string of the molecule is CCOC(=O)C1CCN(S(=O)(=O)c2ccc(NC(=O)c3ccc(Cl)cc3)c(C)c2)CC1. The minimum absolute atomic E-state index is 0.157. The molecule has 1 aliphatic rings. The Morgan fingerprint density at radius 2 is 1.77 bits per heavy atom. The van der Waals surface area contributed by atoms with Crippen molar-refractivity contribution in [3.05, 3.63) is 58.6 Å². The zero-order chi connectivity index (χ0) is 22.6. The second-order valence-electron chi connectivity index (χ2n) is 7.37. The maximum absolute atomic E-state index is 13.0. The summed E-state index contributed by atoms with van der Waals surface area (Å²) in [5.74, 6) is -0.842. The first-order valence-electron chi connectivity index (χ1n) is 10.1. The first-order valence-corrected chi connectivity index (χ1v) is 11.9. The summed E-state index contributed by atoms with van der Waals surface area (Å²) in [5.41, 5.74) is 1.61. The molecule has 1 saturated heterocycles. The summed E-state index contributed by atoms with van der Waals surface area (Å²) >= 11 is 5.85. The van der Waals surface area contributed by atoms with E-state index < -0.39 is 10.0 Å². The van der Waals surface area contributed by atoms with Crippen molar-refractivity contribution in [2.24, 2.45) is 5.92 Å². The number of nitrogens with one attached hydrogen (secondary N) is 1. The fourth-order valence-electron chi connectivity index (χ4n) is 3.47. The number of amides is 1. The number of ether oxygens (including phenoxy) is 1. The highest BCUT2D eigenvalue weighted by Crippen LogP contribution is 2.27. The molecule has 1 aliphatic heterocycles. The van der Waals surface area contributed by atoms with Crippen LogP contribution in [0.5, 0.6) is 0 Å². The monoisotopic (exact) mass is 464 g/mol. The summed E-state index contributed by atoms with van der Waals surface area (Å²) in [7, 11) is -3.69. The number of carbonyl (C=O) groups excluding carboxylic acids is 2. The summed E-state index contributed by atoms with van der Waals surface area (Å²) in [4.78, 5) is 24.5. The Morgan fingerprint density at radius 3 is 2.35 bits per heavy atom. The van der Waals surface area contributed by atoms with E-state index in [0.717, 1.165) is 0 Å². The van der Waals surface area contributed by atoms with Gasteiger partial charge in [-0.1, -0.05) is 11.6 Å². The molecule has 0 aliphatic carbocycles. The maximum atomic E-state index is 13.0. The second kappa shape index (κ2) is 9.80. The number of sulfonamides is 1. The van der Waals surface area contributed by atoms with E-state index >= 15 is 0 Å². The molecular formula is C22H25ClN2O5S. The van der Waals surface area contributed by atoms with Gasteiger partial charge >= 0.3 is 5.97 Å². The van der Waals surface area contributed by atoms with Gasteiger partial charge in [0, 0.05) is 29.4 Å². The fraction of sp³-hybridized carbons (Fsp3) is 0.364. The molecular weight excluding hydrogens is 440 g/mol. The molecule has 0 spiro atoms. The van der Waals surface area contributed by atoms with Crippen LogP contribution >= 0.6 is 11.6 Å². The second-order valence-corrected chi connectivity index (χ2v) is 9.74. The molecule has 166 valence electrons. The van der Waals surface area contributed by atoms with Crippen LogP contribution in [0.2, 0.25) is 5.02 Å². The van der Waals surface area contributed by atoms with Crippen molar-refractivity contribution >= 4 is 39.2 Å². The molecule has 9 heteroatoms. The summed E-state index contributed by atoms with van der Waals surface area (Å²) in [6.45, 7) is 4.34. The maximum Gasteiger partial charge on any atom is 0.309 e. The van der Waals surface area contributed by atoms with Gasteiger partial charge in [0.1, 0.15) is 0 Å². The van der Waals surface area contributed by atoms with Crippen LogP contribution in [-0.2, 0) is 19.6 Å². The zero-order valence-electron chi connectivity index (χ0n) is 17.4. The van der Waals surface area contributed by atoms with Crippen molar-refractivity contribution < 1.29 is 22.7 Å². The van der Waals surface area contributed by atoms with Crippen LogP contribution < -0.4 is 5.32 Å². The molecule has 1 heterocycles. The summed E-state index contributed by atoms with van der Waals surface area (Å²) < 4.78 is 32.5. The van der Waals surface area contributed by atoms with Crippen molar-refractivity contribution in [1.29, 1.82) is 0 Å².